The molecule has 0 saturated heterocycles. The Bertz CT molecular complexity index is 568. The molecule has 3 nitrogen and oxygen atoms in total. The number of hydrogen-bond donors (Lipinski definition) is 0. The molecule has 0 radical (unpaired) electrons. The molecule has 1 aliphatic carbocycles. The van der Waals surface area contributed by atoms with Gasteiger partial charge in [-0.15, -0.1) is 0 Å². The van der Waals surface area contributed by atoms with Crippen LogP contribution < -0.4 is 0 Å². The first kappa shape index (κ1) is 18.2. The normalized spacial score (nSPS) is 28.0. The van der Waals surface area contributed by atoms with Gasteiger partial charge in [-0.1, -0.05) is 51.1 Å². The summed E-state index contributed by atoms with van der Waals surface area (Å²) in [5, 5.41) is 9.83. The largest absolute Gasteiger partial charge is 0.399 e. The van der Waals surface area contributed by atoms with Gasteiger partial charge in [0, 0.05) is 12.3 Å². The molecule has 1 fully saturated rings. The van der Waals surface area contributed by atoms with Crippen molar-refractivity contribution >= 4 is 8.32 Å². The van der Waals surface area contributed by atoms with Crippen LogP contribution in [0, 0.1) is 22.7 Å². The second-order valence-corrected chi connectivity index (χ2v) is 13.0. The van der Waals surface area contributed by atoms with E-state index in [4.69, 9.17) is 9.16 Å². The summed E-state index contributed by atoms with van der Waals surface area (Å²) in [6.07, 6.45) is 0.744. The quantitative estimate of drug-likeness (QED) is 0.731. The Morgan fingerprint density at radius 2 is 1.83 bits per heavy atom. The lowest BCUT2D eigenvalue weighted by atomic mass is 9.57. The van der Waals surface area contributed by atoms with Crippen LogP contribution in [-0.2, 0) is 15.8 Å². The first-order valence-electron chi connectivity index (χ1n) is 8.34. The lowest BCUT2D eigenvalue weighted by molar-refractivity contribution is -0.195. The topological polar surface area (TPSA) is 42.2 Å². The summed E-state index contributed by atoms with van der Waals surface area (Å²) in [5.74, 6) is 0.0930. The Morgan fingerprint density at radius 1 is 1.22 bits per heavy atom. The zero-order valence-corrected chi connectivity index (χ0v) is 16.2. The van der Waals surface area contributed by atoms with Crippen molar-refractivity contribution in [1.82, 2.24) is 0 Å². The maximum Gasteiger partial charge on any atom is 0.185 e. The third-order valence-corrected chi connectivity index (χ3v) is 5.27. The summed E-state index contributed by atoms with van der Waals surface area (Å²) in [7, 11) is -1.80. The van der Waals surface area contributed by atoms with Gasteiger partial charge in [-0.2, -0.15) is 5.26 Å². The molecule has 4 heteroatoms. The molecule has 0 N–H and O–H groups in total. The van der Waals surface area contributed by atoms with E-state index < -0.39 is 13.9 Å². The summed E-state index contributed by atoms with van der Waals surface area (Å²) < 4.78 is 12.5. The molecule has 0 amide bonds. The highest BCUT2D eigenvalue weighted by Gasteiger charge is 2.61. The molecule has 1 aromatic carbocycles. The minimum absolute atomic E-state index is 0.0328. The molecule has 0 aliphatic heterocycles. The SMILES string of the molecule is CC(C)(C)C1C(OCc2ccccc2)CC1(C#N)O[Si](C)(C)C. The summed E-state index contributed by atoms with van der Waals surface area (Å²) in [6, 6.07) is 12.7. The standard InChI is InChI=1S/C19H29NO2Si/c1-18(2,3)17-16(21-13-15-10-8-7-9-11-15)12-19(17,14-20)22-23(4,5)6/h7-11,16-17H,12-13H2,1-6H3. The Kier molecular flexibility index (Phi) is 5.05. The molecule has 2 rings (SSSR count). The van der Waals surface area contributed by atoms with Gasteiger partial charge in [0.15, 0.2) is 13.9 Å². The molecule has 0 aromatic heterocycles. The van der Waals surface area contributed by atoms with E-state index in [0.717, 1.165) is 0 Å². The van der Waals surface area contributed by atoms with E-state index >= 15 is 0 Å². The second kappa shape index (κ2) is 6.39. The van der Waals surface area contributed by atoms with Crippen LogP contribution in [-0.4, -0.2) is 20.0 Å². The van der Waals surface area contributed by atoms with Gasteiger partial charge in [0.1, 0.15) is 0 Å². The van der Waals surface area contributed by atoms with Gasteiger partial charge in [0.05, 0.1) is 18.8 Å². The fraction of sp³-hybridized carbons (Fsp3) is 0.632. The Balaban J connectivity index is 2.12. The fourth-order valence-corrected chi connectivity index (χ4v) is 5.01. The molecule has 1 saturated carbocycles. The highest BCUT2D eigenvalue weighted by Crippen LogP contribution is 2.53. The third-order valence-electron chi connectivity index (χ3n) is 4.30. The monoisotopic (exact) mass is 331 g/mol. The highest BCUT2D eigenvalue weighted by molar-refractivity contribution is 6.69. The predicted octanol–water partition coefficient (Wildman–Crippen LogP) is 4.75. The van der Waals surface area contributed by atoms with Crippen molar-refractivity contribution in [3.8, 4) is 6.07 Å². The van der Waals surface area contributed by atoms with Crippen LogP contribution in [0.4, 0.5) is 0 Å². The van der Waals surface area contributed by atoms with Crippen LogP contribution in [0.5, 0.6) is 0 Å². The molecule has 0 heterocycles. The van der Waals surface area contributed by atoms with Crippen LogP contribution in [0.1, 0.15) is 32.8 Å². The van der Waals surface area contributed by atoms with Gasteiger partial charge in [0.2, 0.25) is 0 Å². The Morgan fingerprint density at radius 3 is 2.30 bits per heavy atom. The lowest BCUT2D eigenvalue weighted by Crippen LogP contribution is -2.65. The molecule has 3 unspecified atom stereocenters. The molecule has 0 bridgehead atoms. The van der Waals surface area contributed by atoms with Crippen LogP contribution in [0.25, 0.3) is 0 Å². The van der Waals surface area contributed by atoms with Gasteiger partial charge >= 0.3 is 0 Å². The number of nitriles is 1. The van der Waals surface area contributed by atoms with Crippen molar-refractivity contribution in [1.29, 1.82) is 5.26 Å². The second-order valence-electron chi connectivity index (χ2n) is 8.60. The first-order chi connectivity index (χ1) is 10.6. The molecule has 23 heavy (non-hydrogen) atoms. The molecule has 3 atom stereocenters. The van der Waals surface area contributed by atoms with Crippen molar-refractivity contribution < 1.29 is 9.16 Å². The predicted molar refractivity (Wildman–Crippen MR) is 95.4 cm³/mol. The van der Waals surface area contributed by atoms with Crippen molar-refractivity contribution in [2.24, 2.45) is 11.3 Å². The van der Waals surface area contributed by atoms with Crippen LogP contribution in [0.3, 0.4) is 0 Å². The van der Waals surface area contributed by atoms with Gasteiger partial charge in [-0.25, -0.2) is 0 Å². The molecular formula is C19H29NO2Si. The third kappa shape index (κ3) is 4.23. The van der Waals surface area contributed by atoms with Crippen LogP contribution >= 0.6 is 0 Å². The van der Waals surface area contributed by atoms with Crippen LogP contribution in [0.15, 0.2) is 30.3 Å². The van der Waals surface area contributed by atoms with Crippen molar-refractivity contribution in [3.63, 3.8) is 0 Å². The summed E-state index contributed by atoms with van der Waals surface area (Å²) >= 11 is 0. The van der Waals surface area contributed by atoms with E-state index in [2.05, 4.69) is 58.6 Å². The minimum Gasteiger partial charge on any atom is -0.399 e. The summed E-state index contributed by atoms with van der Waals surface area (Å²) in [6.45, 7) is 13.5. The maximum atomic E-state index is 9.83. The molecule has 1 aromatic rings. The fourth-order valence-electron chi connectivity index (χ4n) is 3.66. The molecule has 0 spiro atoms. The number of ether oxygens (including phenoxy) is 1. The zero-order valence-electron chi connectivity index (χ0n) is 15.2. The average Bonchev–Trinajstić information content (AvgIpc) is 2.39. The van der Waals surface area contributed by atoms with Crippen molar-refractivity contribution in [2.45, 2.75) is 65.1 Å². The van der Waals surface area contributed by atoms with E-state index in [1.807, 2.05) is 18.2 Å². The Hall–Kier alpha value is -1.15. The summed E-state index contributed by atoms with van der Waals surface area (Å²) in [4.78, 5) is 0. The van der Waals surface area contributed by atoms with Crippen molar-refractivity contribution in [3.05, 3.63) is 35.9 Å². The number of hydrogen-bond acceptors (Lipinski definition) is 3. The molecular weight excluding hydrogens is 302 g/mol. The van der Waals surface area contributed by atoms with E-state index in [9.17, 15) is 5.26 Å². The van der Waals surface area contributed by atoms with E-state index in [-0.39, 0.29) is 17.4 Å². The van der Waals surface area contributed by atoms with E-state index in [1.54, 1.807) is 0 Å². The molecule has 126 valence electrons. The van der Waals surface area contributed by atoms with Crippen LogP contribution in [0.2, 0.25) is 19.6 Å². The number of nitrogens with zero attached hydrogens (tertiary/aromatic N) is 1. The van der Waals surface area contributed by atoms with E-state index in [0.29, 0.717) is 13.0 Å². The first-order valence-corrected chi connectivity index (χ1v) is 11.8. The smallest absolute Gasteiger partial charge is 0.185 e. The van der Waals surface area contributed by atoms with E-state index in [1.165, 1.54) is 5.56 Å². The summed E-state index contributed by atoms with van der Waals surface area (Å²) in [5.41, 5.74) is 0.444. The highest BCUT2D eigenvalue weighted by atomic mass is 28.4. The lowest BCUT2D eigenvalue weighted by Gasteiger charge is -2.57. The van der Waals surface area contributed by atoms with Gasteiger partial charge < -0.3 is 9.16 Å². The minimum atomic E-state index is -1.80. The molecule has 1 aliphatic rings. The van der Waals surface area contributed by atoms with Gasteiger partial charge in [-0.05, 0) is 30.6 Å². The number of rotatable bonds is 5. The van der Waals surface area contributed by atoms with Gasteiger partial charge in [0.25, 0.3) is 0 Å². The average molecular weight is 332 g/mol. The van der Waals surface area contributed by atoms with Gasteiger partial charge in [-0.3, -0.25) is 0 Å². The Labute approximate surface area is 141 Å². The maximum absolute atomic E-state index is 9.83. The zero-order chi connectivity index (χ0) is 17.3. The number of benzene rings is 1. The van der Waals surface area contributed by atoms with Crippen molar-refractivity contribution in [2.75, 3.05) is 0 Å².